The number of carbonyl (C=O) groups excluding carboxylic acids is 1. The van der Waals surface area contributed by atoms with Gasteiger partial charge in [0.05, 0.1) is 11.7 Å². The molecule has 1 unspecified atom stereocenters. The zero-order valence-electron chi connectivity index (χ0n) is 10.9. The van der Waals surface area contributed by atoms with Gasteiger partial charge >= 0.3 is 0 Å². The molecule has 0 aliphatic carbocycles. The van der Waals surface area contributed by atoms with Crippen molar-refractivity contribution in [2.75, 3.05) is 0 Å². The third kappa shape index (κ3) is 3.34. The molecule has 0 aromatic carbocycles. The minimum Gasteiger partial charge on any atom is -0.346 e. The van der Waals surface area contributed by atoms with E-state index >= 15 is 0 Å². The van der Waals surface area contributed by atoms with Gasteiger partial charge < -0.3 is 5.32 Å². The molecule has 0 bridgehead atoms. The number of aryl methyl sites for hydroxylation is 1. The lowest BCUT2D eigenvalue weighted by atomic mass is 10.1. The number of rotatable bonds is 5. The second-order valence-electron chi connectivity index (χ2n) is 4.24. The standard InChI is InChI=1S/C12H16N6O/c1-3-10(12-9(2)5-4-6-13-12)15-11(19)7-18-8-14-16-17-18/h4-6,8,10H,3,7H2,1-2H3,(H,15,19). The fourth-order valence-corrected chi connectivity index (χ4v) is 1.87. The lowest BCUT2D eigenvalue weighted by Gasteiger charge is -2.18. The minimum atomic E-state index is -0.135. The van der Waals surface area contributed by atoms with Crippen LogP contribution < -0.4 is 5.32 Å². The van der Waals surface area contributed by atoms with Crippen LogP contribution in [0.2, 0.25) is 0 Å². The van der Waals surface area contributed by atoms with Crippen LogP contribution in [0.25, 0.3) is 0 Å². The zero-order chi connectivity index (χ0) is 13.7. The van der Waals surface area contributed by atoms with Crippen LogP contribution in [0.1, 0.15) is 30.6 Å². The summed E-state index contributed by atoms with van der Waals surface area (Å²) in [6, 6.07) is 3.78. The number of aromatic nitrogens is 5. The Labute approximate surface area is 111 Å². The predicted molar refractivity (Wildman–Crippen MR) is 68.0 cm³/mol. The third-order valence-corrected chi connectivity index (χ3v) is 2.82. The number of pyridine rings is 1. The van der Waals surface area contributed by atoms with E-state index in [1.807, 2.05) is 26.0 Å². The lowest BCUT2D eigenvalue weighted by Crippen LogP contribution is -2.32. The number of amides is 1. The Morgan fingerprint density at radius 1 is 1.53 bits per heavy atom. The van der Waals surface area contributed by atoms with E-state index in [2.05, 4.69) is 25.8 Å². The van der Waals surface area contributed by atoms with Crippen molar-refractivity contribution in [1.29, 1.82) is 0 Å². The van der Waals surface area contributed by atoms with Gasteiger partial charge in [-0.15, -0.1) is 5.10 Å². The monoisotopic (exact) mass is 260 g/mol. The highest BCUT2D eigenvalue weighted by Gasteiger charge is 2.16. The molecule has 19 heavy (non-hydrogen) atoms. The van der Waals surface area contributed by atoms with Gasteiger partial charge in [-0.05, 0) is 35.4 Å². The fraction of sp³-hybridized carbons (Fsp3) is 0.417. The summed E-state index contributed by atoms with van der Waals surface area (Å²) in [5, 5.41) is 13.6. The summed E-state index contributed by atoms with van der Waals surface area (Å²) in [5.74, 6) is -0.135. The molecule has 7 nitrogen and oxygen atoms in total. The molecule has 2 aromatic heterocycles. The first kappa shape index (κ1) is 13.1. The summed E-state index contributed by atoms with van der Waals surface area (Å²) in [4.78, 5) is 16.2. The molecule has 100 valence electrons. The summed E-state index contributed by atoms with van der Waals surface area (Å²) in [5.41, 5.74) is 1.96. The molecule has 0 radical (unpaired) electrons. The summed E-state index contributed by atoms with van der Waals surface area (Å²) in [6.07, 6.45) is 3.92. The number of hydrogen-bond donors (Lipinski definition) is 1. The van der Waals surface area contributed by atoms with Gasteiger partial charge in [-0.2, -0.15) is 0 Å². The normalized spacial score (nSPS) is 12.1. The van der Waals surface area contributed by atoms with Crippen molar-refractivity contribution in [2.45, 2.75) is 32.9 Å². The molecular formula is C12H16N6O. The molecule has 1 atom stereocenters. The Morgan fingerprint density at radius 3 is 3.00 bits per heavy atom. The smallest absolute Gasteiger partial charge is 0.242 e. The van der Waals surface area contributed by atoms with Crippen molar-refractivity contribution in [2.24, 2.45) is 0 Å². The van der Waals surface area contributed by atoms with Crippen molar-refractivity contribution in [3.05, 3.63) is 35.9 Å². The minimum absolute atomic E-state index is 0.0924. The molecule has 0 saturated heterocycles. The molecule has 1 N–H and O–H groups in total. The molecule has 2 heterocycles. The average molecular weight is 260 g/mol. The van der Waals surface area contributed by atoms with Crippen LogP contribution in [0.3, 0.4) is 0 Å². The molecule has 0 saturated carbocycles. The summed E-state index contributed by atoms with van der Waals surface area (Å²) in [6.45, 7) is 4.10. The van der Waals surface area contributed by atoms with Gasteiger partial charge in [0.25, 0.3) is 0 Å². The summed E-state index contributed by atoms with van der Waals surface area (Å²) >= 11 is 0. The van der Waals surface area contributed by atoms with Crippen molar-refractivity contribution >= 4 is 5.91 Å². The van der Waals surface area contributed by atoms with Crippen molar-refractivity contribution in [3.63, 3.8) is 0 Å². The number of nitrogens with one attached hydrogen (secondary N) is 1. The van der Waals surface area contributed by atoms with Gasteiger partial charge in [-0.25, -0.2) is 4.68 Å². The first-order valence-electron chi connectivity index (χ1n) is 6.12. The van der Waals surface area contributed by atoms with Crippen LogP contribution in [0.15, 0.2) is 24.7 Å². The van der Waals surface area contributed by atoms with E-state index in [-0.39, 0.29) is 18.5 Å². The first-order valence-corrected chi connectivity index (χ1v) is 6.12. The maximum absolute atomic E-state index is 11.9. The van der Waals surface area contributed by atoms with Crippen LogP contribution in [-0.2, 0) is 11.3 Å². The molecule has 2 aromatic rings. The first-order chi connectivity index (χ1) is 9.20. The predicted octanol–water partition coefficient (Wildman–Crippen LogP) is 0.644. The summed E-state index contributed by atoms with van der Waals surface area (Å²) < 4.78 is 1.38. The lowest BCUT2D eigenvalue weighted by molar-refractivity contribution is -0.122. The van der Waals surface area contributed by atoms with Crippen molar-refractivity contribution < 1.29 is 4.79 Å². The molecule has 0 aliphatic rings. The van der Waals surface area contributed by atoms with Gasteiger partial charge in [0, 0.05) is 6.20 Å². The van der Waals surface area contributed by atoms with Gasteiger partial charge in [0.15, 0.2) is 0 Å². The Balaban J connectivity index is 2.03. The Morgan fingerprint density at radius 2 is 2.37 bits per heavy atom. The van der Waals surface area contributed by atoms with E-state index in [1.165, 1.54) is 11.0 Å². The molecule has 2 rings (SSSR count). The molecular weight excluding hydrogens is 244 g/mol. The second-order valence-corrected chi connectivity index (χ2v) is 4.24. The molecule has 0 fully saturated rings. The topological polar surface area (TPSA) is 85.6 Å². The van der Waals surface area contributed by atoms with Gasteiger partial charge in [0.1, 0.15) is 12.9 Å². The number of nitrogens with zero attached hydrogens (tertiary/aromatic N) is 5. The van der Waals surface area contributed by atoms with E-state index in [9.17, 15) is 4.79 Å². The van der Waals surface area contributed by atoms with E-state index < -0.39 is 0 Å². The Kier molecular flexibility index (Phi) is 4.17. The van der Waals surface area contributed by atoms with Crippen LogP contribution in [-0.4, -0.2) is 31.1 Å². The Hall–Kier alpha value is -2.31. The van der Waals surface area contributed by atoms with Gasteiger partial charge in [-0.3, -0.25) is 9.78 Å². The van der Waals surface area contributed by atoms with Crippen LogP contribution in [0, 0.1) is 6.92 Å². The number of tetrazole rings is 1. The Bertz CT molecular complexity index is 539. The quantitative estimate of drug-likeness (QED) is 0.852. The molecule has 0 spiro atoms. The maximum atomic E-state index is 11.9. The average Bonchev–Trinajstić information content (AvgIpc) is 2.89. The van der Waals surface area contributed by atoms with E-state index in [0.29, 0.717) is 0 Å². The van der Waals surface area contributed by atoms with E-state index in [0.717, 1.165) is 17.7 Å². The molecule has 7 heteroatoms. The molecule has 1 amide bonds. The SMILES string of the molecule is CCC(NC(=O)Cn1cnnn1)c1ncccc1C. The van der Waals surface area contributed by atoms with E-state index in [1.54, 1.807) is 6.20 Å². The highest BCUT2D eigenvalue weighted by atomic mass is 16.2. The van der Waals surface area contributed by atoms with Crippen molar-refractivity contribution in [3.8, 4) is 0 Å². The highest BCUT2D eigenvalue weighted by Crippen LogP contribution is 2.17. The number of carbonyl (C=O) groups is 1. The van der Waals surface area contributed by atoms with Crippen LogP contribution >= 0.6 is 0 Å². The van der Waals surface area contributed by atoms with Crippen LogP contribution in [0.4, 0.5) is 0 Å². The largest absolute Gasteiger partial charge is 0.346 e. The van der Waals surface area contributed by atoms with Gasteiger partial charge in [-0.1, -0.05) is 13.0 Å². The van der Waals surface area contributed by atoms with Gasteiger partial charge in [0.2, 0.25) is 5.91 Å². The summed E-state index contributed by atoms with van der Waals surface area (Å²) in [7, 11) is 0. The second kappa shape index (κ2) is 6.03. The third-order valence-electron chi connectivity index (χ3n) is 2.82. The number of hydrogen-bond acceptors (Lipinski definition) is 5. The zero-order valence-corrected chi connectivity index (χ0v) is 10.9. The highest BCUT2D eigenvalue weighted by molar-refractivity contribution is 5.76. The maximum Gasteiger partial charge on any atom is 0.242 e. The fourth-order valence-electron chi connectivity index (χ4n) is 1.87. The van der Waals surface area contributed by atoms with Crippen LogP contribution in [0.5, 0.6) is 0 Å². The van der Waals surface area contributed by atoms with Crippen molar-refractivity contribution in [1.82, 2.24) is 30.5 Å². The van der Waals surface area contributed by atoms with E-state index in [4.69, 9.17) is 0 Å². The molecule has 0 aliphatic heterocycles.